The number of carbonyl (C=O) groups is 3. The molecular weight excluding hydrogens is 434 g/mol. The molecule has 2 aliphatic rings. The number of urea groups is 1. The van der Waals surface area contributed by atoms with Gasteiger partial charge in [-0.05, 0) is 36.5 Å². The minimum absolute atomic E-state index is 0.0709. The Hall–Kier alpha value is -3.93. The Morgan fingerprint density at radius 2 is 1.88 bits per heavy atom. The van der Waals surface area contributed by atoms with Crippen LogP contribution >= 0.6 is 0 Å². The van der Waals surface area contributed by atoms with Gasteiger partial charge in [-0.25, -0.2) is 19.4 Å². The van der Waals surface area contributed by atoms with Crippen molar-refractivity contribution in [3.63, 3.8) is 0 Å². The van der Waals surface area contributed by atoms with Crippen molar-refractivity contribution in [3.05, 3.63) is 53.3 Å². The number of aromatic nitrogens is 1. The summed E-state index contributed by atoms with van der Waals surface area (Å²) in [5.74, 6) is -0.0709. The Morgan fingerprint density at radius 1 is 1.18 bits per heavy atom. The minimum atomic E-state index is -1.31. The molecule has 176 valence electrons. The maximum absolute atomic E-state index is 12.8. The molecule has 9 heteroatoms. The molecule has 0 radical (unpaired) electrons. The largest absolute Gasteiger partial charge is 0.465 e. The highest BCUT2D eigenvalue weighted by atomic mass is 16.4. The topological polar surface area (TPSA) is 118 Å². The number of imide groups is 1. The van der Waals surface area contributed by atoms with E-state index in [0.717, 1.165) is 51.3 Å². The number of hydrogen-bond donors (Lipinski definition) is 1. The van der Waals surface area contributed by atoms with Gasteiger partial charge in [0.15, 0.2) is 6.19 Å². The molecule has 4 amide bonds. The van der Waals surface area contributed by atoms with Gasteiger partial charge in [-0.1, -0.05) is 43.5 Å². The van der Waals surface area contributed by atoms with Crippen LogP contribution in [0.3, 0.4) is 0 Å². The highest BCUT2D eigenvalue weighted by Crippen LogP contribution is 2.27. The van der Waals surface area contributed by atoms with E-state index in [4.69, 9.17) is 0 Å². The van der Waals surface area contributed by atoms with Crippen molar-refractivity contribution in [3.8, 4) is 17.3 Å². The Balaban J connectivity index is 1.41. The molecule has 9 nitrogen and oxygen atoms in total. The second kappa shape index (κ2) is 9.91. The number of fused-ring (bicyclic) bond motifs is 1. The predicted octanol–water partition coefficient (Wildman–Crippen LogP) is 4.09. The summed E-state index contributed by atoms with van der Waals surface area (Å²) >= 11 is 0. The van der Waals surface area contributed by atoms with Gasteiger partial charge in [-0.2, -0.15) is 5.26 Å². The lowest BCUT2D eigenvalue weighted by Gasteiger charge is -2.32. The van der Waals surface area contributed by atoms with Gasteiger partial charge < -0.3 is 10.0 Å². The van der Waals surface area contributed by atoms with Crippen molar-refractivity contribution in [1.82, 2.24) is 19.7 Å². The number of carboxylic acid groups (broad SMARTS) is 1. The molecule has 34 heavy (non-hydrogen) atoms. The average Bonchev–Trinajstić information content (AvgIpc) is 3.13. The highest BCUT2D eigenvalue weighted by Gasteiger charge is 2.34. The Kier molecular flexibility index (Phi) is 6.77. The molecule has 1 aromatic carbocycles. The normalized spacial score (nSPS) is 15.5. The summed E-state index contributed by atoms with van der Waals surface area (Å²) in [5.41, 5.74) is 4.17. The maximum Gasteiger partial charge on any atom is 0.415 e. The van der Waals surface area contributed by atoms with Crippen molar-refractivity contribution in [2.75, 3.05) is 13.6 Å². The molecule has 1 N–H and O–H groups in total. The fraction of sp³-hybridized carbons (Fsp3) is 0.400. The molecular formula is C25H27N5O4. The van der Waals surface area contributed by atoms with Gasteiger partial charge >= 0.3 is 12.1 Å². The summed E-state index contributed by atoms with van der Waals surface area (Å²) in [6.07, 6.45) is 6.73. The molecule has 1 aliphatic heterocycles. The second-order valence-corrected chi connectivity index (χ2v) is 8.82. The molecule has 0 saturated heterocycles. The SMILES string of the molecule is CN1Cc2cc(-c3ccc(CCN(C#N)C(=O)N(C(=O)O)C4CCCCC4)cc3)cnc2C1=O. The lowest BCUT2D eigenvalue weighted by molar-refractivity contribution is 0.0812. The lowest BCUT2D eigenvalue weighted by Crippen LogP contribution is -2.50. The van der Waals surface area contributed by atoms with Crippen molar-refractivity contribution in [2.45, 2.75) is 51.1 Å². The van der Waals surface area contributed by atoms with Crippen LogP contribution in [-0.2, 0) is 13.0 Å². The van der Waals surface area contributed by atoms with Gasteiger partial charge in [-0.3, -0.25) is 9.78 Å². The van der Waals surface area contributed by atoms with Crippen molar-refractivity contribution >= 4 is 18.0 Å². The first-order valence-electron chi connectivity index (χ1n) is 11.5. The van der Waals surface area contributed by atoms with E-state index in [9.17, 15) is 24.8 Å². The lowest BCUT2D eigenvalue weighted by atomic mass is 9.94. The zero-order valence-corrected chi connectivity index (χ0v) is 19.1. The summed E-state index contributed by atoms with van der Waals surface area (Å²) in [5, 5.41) is 19.1. The molecule has 1 aromatic heterocycles. The summed E-state index contributed by atoms with van der Waals surface area (Å²) in [7, 11) is 1.75. The fourth-order valence-electron chi connectivity index (χ4n) is 4.65. The van der Waals surface area contributed by atoms with Gasteiger partial charge in [0.1, 0.15) is 5.69 Å². The van der Waals surface area contributed by atoms with Gasteiger partial charge in [0.25, 0.3) is 5.91 Å². The standard InChI is InChI=1S/C25H27N5O4/c1-28-15-20-13-19(14-27-22(20)23(28)31)18-9-7-17(8-10-18)11-12-29(16-26)24(32)30(25(33)34)21-5-3-2-4-6-21/h7-10,13-14,21H,2-6,11-12,15H2,1H3,(H,33,34). The van der Waals surface area contributed by atoms with E-state index in [0.29, 0.717) is 31.5 Å². The molecule has 4 rings (SSSR count). The van der Waals surface area contributed by atoms with Crippen molar-refractivity contribution < 1.29 is 19.5 Å². The third kappa shape index (κ3) is 4.71. The molecule has 1 saturated carbocycles. The van der Waals surface area contributed by atoms with Crippen LogP contribution in [0.25, 0.3) is 11.1 Å². The summed E-state index contributed by atoms with van der Waals surface area (Å²) < 4.78 is 0. The van der Waals surface area contributed by atoms with E-state index < -0.39 is 12.1 Å². The van der Waals surface area contributed by atoms with E-state index in [1.165, 1.54) is 0 Å². The summed E-state index contributed by atoms with van der Waals surface area (Å²) in [6.45, 7) is 0.638. The number of nitrogens with zero attached hydrogens (tertiary/aromatic N) is 5. The second-order valence-electron chi connectivity index (χ2n) is 8.82. The van der Waals surface area contributed by atoms with E-state index >= 15 is 0 Å². The van der Waals surface area contributed by atoms with E-state index in [1.807, 2.05) is 36.5 Å². The van der Waals surface area contributed by atoms with Gasteiger partial charge in [0.05, 0.1) is 0 Å². The van der Waals surface area contributed by atoms with Crippen LogP contribution in [0, 0.1) is 11.5 Å². The van der Waals surface area contributed by atoms with Crippen LogP contribution in [0.1, 0.15) is 53.7 Å². The van der Waals surface area contributed by atoms with E-state index in [-0.39, 0.29) is 18.5 Å². The van der Waals surface area contributed by atoms with Crippen LogP contribution in [0.5, 0.6) is 0 Å². The monoisotopic (exact) mass is 461 g/mol. The molecule has 0 atom stereocenters. The molecule has 0 bridgehead atoms. The Labute approximate surface area is 198 Å². The summed E-state index contributed by atoms with van der Waals surface area (Å²) in [6, 6.07) is 8.52. The van der Waals surface area contributed by atoms with Crippen LogP contribution in [0.4, 0.5) is 9.59 Å². The number of hydrogen-bond acceptors (Lipinski definition) is 5. The quantitative estimate of drug-likeness (QED) is 0.529. The molecule has 1 fully saturated rings. The third-order valence-electron chi connectivity index (χ3n) is 6.54. The van der Waals surface area contributed by atoms with Crippen LogP contribution in [0.15, 0.2) is 36.5 Å². The number of carbonyl (C=O) groups excluding carboxylic acids is 2. The first-order chi connectivity index (χ1) is 16.4. The number of nitriles is 1. The van der Waals surface area contributed by atoms with Crippen LogP contribution in [0.2, 0.25) is 0 Å². The first kappa shape index (κ1) is 23.2. The predicted molar refractivity (Wildman–Crippen MR) is 124 cm³/mol. The fourth-order valence-corrected chi connectivity index (χ4v) is 4.65. The molecule has 0 spiro atoms. The zero-order chi connectivity index (χ0) is 24.2. The van der Waals surface area contributed by atoms with Crippen molar-refractivity contribution in [2.24, 2.45) is 0 Å². The number of rotatable bonds is 5. The van der Waals surface area contributed by atoms with Crippen LogP contribution in [-0.4, -0.2) is 62.5 Å². The highest BCUT2D eigenvalue weighted by molar-refractivity contribution is 5.96. The molecule has 0 unspecified atom stereocenters. The molecule has 2 aromatic rings. The van der Waals surface area contributed by atoms with Gasteiger partial charge in [-0.15, -0.1) is 0 Å². The van der Waals surface area contributed by atoms with Gasteiger partial charge in [0, 0.05) is 43.5 Å². The van der Waals surface area contributed by atoms with E-state index in [2.05, 4.69) is 4.98 Å². The van der Waals surface area contributed by atoms with Crippen LogP contribution < -0.4 is 0 Å². The minimum Gasteiger partial charge on any atom is -0.465 e. The maximum atomic E-state index is 12.8. The summed E-state index contributed by atoms with van der Waals surface area (Å²) in [4.78, 5) is 44.3. The number of pyridine rings is 1. The number of amides is 4. The van der Waals surface area contributed by atoms with Crippen molar-refractivity contribution in [1.29, 1.82) is 5.26 Å². The Bertz CT molecular complexity index is 1130. The first-order valence-corrected chi connectivity index (χ1v) is 11.5. The van der Waals surface area contributed by atoms with Gasteiger partial charge in [0.2, 0.25) is 0 Å². The molecule has 1 aliphatic carbocycles. The average molecular weight is 462 g/mol. The Morgan fingerprint density at radius 3 is 2.53 bits per heavy atom. The third-order valence-corrected chi connectivity index (χ3v) is 6.54. The van der Waals surface area contributed by atoms with E-state index in [1.54, 1.807) is 18.1 Å². The molecule has 2 heterocycles. The number of benzene rings is 1. The zero-order valence-electron chi connectivity index (χ0n) is 19.1. The smallest absolute Gasteiger partial charge is 0.415 e.